The molecule has 10 heteroatoms. The predicted molar refractivity (Wildman–Crippen MR) is 74.2 cm³/mol. The Balaban J connectivity index is 2.21. The average Bonchev–Trinajstić information content (AvgIpc) is 2.80. The predicted octanol–water partition coefficient (Wildman–Crippen LogP) is 3.22. The third-order valence-electron chi connectivity index (χ3n) is 2.25. The van der Waals surface area contributed by atoms with Crippen molar-refractivity contribution in [3.63, 3.8) is 0 Å². The topological polar surface area (TPSA) is 75.9 Å². The Morgan fingerprint density at radius 2 is 2.00 bits per heavy atom. The van der Waals surface area contributed by atoms with Crippen molar-refractivity contribution in [2.75, 3.05) is 10.7 Å². The second-order valence-electron chi connectivity index (χ2n) is 3.65. The minimum atomic E-state index is -4.63. The van der Waals surface area contributed by atoms with E-state index in [2.05, 4.69) is 36.6 Å². The van der Waals surface area contributed by atoms with E-state index in [4.69, 9.17) is 5.84 Å². The van der Waals surface area contributed by atoms with Crippen molar-refractivity contribution in [2.45, 2.75) is 12.7 Å². The molecule has 0 aliphatic carbocycles. The second kappa shape index (κ2) is 5.94. The molecule has 0 saturated heterocycles. The fourth-order valence-electron chi connectivity index (χ4n) is 1.36. The summed E-state index contributed by atoms with van der Waals surface area (Å²) >= 11 is 4.81. The number of rotatable bonds is 4. The van der Waals surface area contributed by atoms with E-state index in [1.54, 1.807) is 0 Å². The molecule has 5 nitrogen and oxygen atoms in total. The molecule has 2 heterocycles. The molecule has 0 spiro atoms. The number of halogens is 4. The molecule has 20 heavy (non-hydrogen) atoms. The van der Waals surface area contributed by atoms with E-state index in [1.165, 1.54) is 17.4 Å². The molecule has 4 N–H and O–H groups in total. The first-order chi connectivity index (χ1) is 9.40. The minimum absolute atomic E-state index is 0.0422. The van der Waals surface area contributed by atoms with Gasteiger partial charge in [-0.1, -0.05) is 0 Å². The molecule has 0 fully saturated rings. The summed E-state index contributed by atoms with van der Waals surface area (Å²) in [5, 5.41) is 4.68. The van der Waals surface area contributed by atoms with Gasteiger partial charge < -0.3 is 10.7 Å². The van der Waals surface area contributed by atoms with E-state index in [9.17, 15) is 13.2 Å². The summed E-state index contributed by atoms with van der Waals surface area (Å²) < 4.78 is 38.8. The van der Waals surface area contributed by atoms with Crippen LogP contribution in [0.4, 0.5) is 24.8 Å². The number of nitrogens with zero attached hydrogens (tertiary/aromatic N) is 2. The highest BCUT2D eigenvalue weighted by atomic mass is 79.9. The second-order valence-corrected chi connectivity index (χ2v) is 5.50. The monoisotopic (exact) mass is 367 g/mol. The van der Waals surface area contributed by atoms with Gasteiger partial charge in [-0.15, -0.1) is 11.3 Å². The fourth-order valence-corrected chi connectivity index (χ4v) is 2.79. The summed E-state index contributed by atoms with van der Waals surface area (Å²) in [7, 11) is 0. The van der Waals surface area contributed by atoms with Crippen LogP contribution in [0.3, 0.4) is 0 Å². The van der Waals surface area contributed by atoms with Crippen molar-refractivity contribution in [1.82, 2.24) is 9.97 Å². The molecule has 0 aromatic carbocycles. The first-order valence-electron chi connectivity index (χ1n) is 5.29. The molecule has 0 amide bonds. The number of nitrogens with one attached hydrogen (secondary N) is 2. The summed E-state index contributed by atoms with van der Waals surface area (Å²) in [5.41, 5.74) is 2.09. The van der Waals surface area contributed by atoms with Crippen LogP contribution in [0, 0.1) is 0 Å². The van der Waals surface area contributed by atoms with Gasteiger partial charge >= 0.3 is 6.18 Å². The Labute approximate surface area is 124 Å². The Morgan fingerprint density at radius 1 is 1.30 bits per heavy atom. The molecule has 108 valence electrons. The molecular formula is C10H9BrF3N5S. The summed E-state index contributed by atoms with van der Waals surface area (Å²) in [6.07, 6.45) is -4.63. The third kappa shape index (κ3) is 3.58. The van der Waals surface area contributed by atoms with Crippen LogP contribution in [0.1, 0.15) is 10.7 Å². The van der Waals surface area contributed by atoms with Crippen molar-refractivity contribution in [2.24, 2.45) is 5.84 Å². The average molecular weight is 368 g/mol. The molecule has 0 saturated carbocycles. The van der Waals surface area contributed by atoms with E-state index < -0.39 is 12.0 Å². The Hall–Kier alpha value is -1.39. The van der Waals surface area contributed by atoms with Gasteiger partial charge in [0.05, 0.1) is 6.54 Å². The summed E-state index contributed by atoms with van der Waals surface area (Å²) in [6, 6.07) is 3.16. The molecule has 0 unspecified atom stereocenters. The van der Waals surface area contributed by atoms with E-state index >= 15 is 0 Å². The van der Waals surface area contributed by atoms with Gasteiger partial charge in [0.25, 0.3) is 0 Å². The Bertz CT molecular complexity index is 601. The zero-order chi connectivity index (χ0) is 14.8. The standard InChI is InChI=1S/C10H9BrF3N5S/c11-5-1-2-20-6(5)4-16-7-3-8(19-15)18-9(17-7)10(12,13)14/h1-3H,4,15H2,(H2,16,17,18,19). The maximum absolute atomic E-state index is 12.6. The van der Waals surface area contributed by atoms with Crippen LogP contribution in [0.2, 0.25) is 0 Å². The molecule has 0 radical (unpaired) electrons. The van der Waals surface area contributed by atoms with E-state index in [1.807, 2.05) is 11.4 Å². The Kier molecular flexibility index (Phi) is 4.45. The van der Waals surface area contributed by atoms with Gasteiger partial charge in [-0.05, 0) is 27.4 Å². The van der Waals surface area contributed by atoms with Crippen LogP contribution < -0.4 is 16.6 Å². The maximum atomic E-state index is 12.6. The van der Waals surface area contributed by atoms with Crippen LogP contribution in [0.25, 0.3) is 0 Å². The van der Waals surface area contributed by atoms with Crippen molar-refractivity contribution in [1.29, 1.82) is 0 Å². The van der Waals surface area contributed by atoms with Crippen LogP contribution in [0.5, 0.6) is 0 Å². The van der Waals surface area contributed by atoms with Gasteiger partial charge in [0, 0.05) is 15.4 Å². The Morgan fingerprint density at radius 3 is 2.55 bits per heavy atom. The van der Waals surface area contributed by atoms with Crippen LogP contribution in [-0.4, -0.2) is 9.97 Å². The summed E-state index contributed by atoms with van der Waals surface area (Å²) in [5.74, 6) is 3.79. The molecule has 0 atom stereocenters. The lowest BCUT2D eigenvalue weighted by Gasteiger charge is -2.11. The molecular weight excluding hydrogens is 359 g/mol. The molecule has 2 rings (SSSR count). The number of nitrogens with two attached hydrogens (primary N) is 1. The number of nitrogen functional groups attached to an aromatic ring is 1. The van der Waals surface area contributed by atoms with Crippen molar-refractivity contribution >= 4 is 38.9 Å². The normalized spacial score (nSPS) is 11.4. The largest absolute Gasteiger partial charge is 0.451 e. The van der Waals surface area contributed by atoms with Crippen LogP contribution in [-0.2, 0) is 12.7 Å². The van der Waals surface area contributed by atoms with E-state index in [0.717, 1.165) is 9.35 Å². The van der Waals surface area contributed by atoms with Crippen molar-refractivity contribution in [3.8, 4) is 0 Å². The highest BCUT2D eigenvalue weighted by Gasteiger charge is 2.35. The highest BCUT2D eigenvalue weighted by Crippen LogP contribution is 2.29. The fraction of sp³-hybridized carbons (Fsp3) is 0.200. The van der Waals surface area contributed by atoms with Gasteiger partial charge in [-0.25, -0.2) is 15.8 Å². The van der Waals surface area contributed by atoms with Gasteiger partial charge in [0.2, 0.25) is 5.82 Å². The molecule has 0 aliphatic rings. The van der Waals surface area contributed by atoms with Crippen LogP contribution in [0.15, 0.2) is 22.0 Å². The van der Waals surface area contributed by atoms with E-state index in [-0.39, 0.29) is 11.6 Å². The quantitative estimate of drug-likeness (QED) is 0.571. The highest BCUT2D eigenvalue weighted by molar-refractivity contribution is 9.10. The minimum Gasteiger partial charge on any atom is -0.365 e. The zero-order valence-corrected chi connectivity index (χ0v) is 12.2. The summed E-state index contributed by atoms with van der Waals surface area (Å²) in [4.78, 5) is 7.64. The van der Waals surface area contributed by atoms with Gasteiger partial charge in [0.1, 0.15) is 11.6 Å². The van der Waals surface area contributed by atoms with Crippen molar-refractivity contribution in [3.05, 3.63) is 32.7 Å². The number of thiophene rings is 1. The molecule has 0 bridgehead atoms. The maximum Gasteiger partial charge on any atom is 0.451 e. The lowest BCUT2D eigenvalue weighted by molar-refractivity contribution is -0.144. The summed E-state index contributed by atoms with van der Waals surface area (Å²) in [6.45, 7) is 0.344. The smallest absolute Gasteiger partial charge is 0.365 e. The van der Waals surface area contributed by atoms with Gasteiger partial charge in [-0.3, -0.25) is 0 Å². The first-order valence-corrected chi connectivity index (χ1v) is 6.96. The number of aromatic nitrogens is 2. The van der Waals surface area contributed by atoms with Crippen molar-refractivity contribution < 1.29 is 13.2 Å². The number of hydrazine groups is 1. The van der Waals surface area contributed by atoms with E-state index in [0.29, 0.717) is 6.54 Å². The molecule has 2 aromatic heterocycles. The lowest BCUT2D eigenvalue weighted by atomic mass is 10.4. The van der Waals surface area contributed by atoms with Gasteiger partial charge in [-0.2, -0.15) is 13.2 Å². The zero-order valence-electron chi connectivity index (χ0n) is 9.83. The molecule has 0 aliphatic heterocycles. The van der Waals surface area contributed by atoms with Crippen LogP contribution >= 0.6 is 27.3 Å². The third-order valence-corrected chi connectivity index (χ3v) is 4.18. The number of hydrogen-bond donors (Lipinski definition) is 3. The number of anilines is 2. The lowest BCUT2D eigenvalue weighted by Crippen LogP contribution is -2.17. The molecule has 2 aromatic rings. The number of alkyl halides is 3. The SMILES string of the molecule is NNc1cc(NCc2sccc2Br)nc(C(F)(F)F)n1. The first kappa shape index (κ1) is 15.0. The number of hydrogen-bond acceptors (Lipinski definition) is 6. The van der Waals surface area contributed by atoms with Gasteiger partial charge in [0.15, 0.2) is 0 Å².